The van der Waals surface area contributed by atoms with E-state index in [2.05, 4.69) is 38.8 Å². The lowest BCUT2D eigenvalue weighted by atomic mass is 10.0. The minimum Gasteiger partial charge on any atom is -0.487 e. The minimum absolute atomic E-state index is 0.0501. The van der Waals surface area contributed by atoms with Gasteiger partial charge in [-0.25, -0.2) is 4.79 Å². The highest BCUT2D eigenvalue weighted by Crippen LogP contribution is 2.41. The quantitative estimate of drug-likeness (QED) is 0.170. The maximum Gasteiger partial charge on any atom is 0.410 e. The monoisotopic (exact) mass is 596 g/mol. The van der Waals surface area contributed by atoms with E-state index >= 15 is 0 Å². The van der Waals surface area contributed by atoms with Crippen LogP contribution in [-0.4, -0.2) is 54.7 Å². The third kappa shape index (κ3) is 9.18. The number of unbranched alkanes of at least 4 members (excludes halogenated alkanes) is 1. The fraction of sp³-hybridized carbons (Fsp3) is 0.515. The van der Waals surface area contributed by atoms with Gasteiger partial charge in [-0.3, -0.25) is 4.79 Å². The molecule has 0 unspecified atom stereocenters. The van der Waals surface area contributed by atoms with Crippen molar-refractivity contribution in [1.82, 2.24) is 9.88 Å². The van der Waals surface area contributed by atoms with Crippen molar-refractivity contribution in [2.24, 2.45) is 0 Å². The molecule has 0 aliphatic heterocycles. The molecule has 0 spiro atoms. The summed E-state index contributed by atoms with van der Waals surface area (Å²) in [6.45, 7) is 17.5. The molecule has 1 amide bonds. The number of carbonyl (C=O) groups is 1. The SMILES string of the molecule is CC(C)(C)OC(=O)N(CCCCO)C[C@H](O[Si](C)(C)C(C)(C)C)c1ccc(OCc2ccccc2)c2[nH]c(=O)ccc12. The zero-order valence-electron chi connectivity index (χ0n) is 26.5. The second-order valence-corrected chi connectivity index (χ2v) is 18.0. The largest absolute Gasteiger partial charge is 0.487 e. The minimum atomic E-state index is -2.33. The Balaban J connectivity index is 2.09. The Morgan fingerprint density at radius 3 is 2.29 bits per heavy atom. The van der Waals surface area contributed by atoms with Crippen molar-refractivity contribution in [3.05, 3.63) is 76.1 Å². The first kappa shape index (κ1) is 33.4. The number of hydrogen-bond donors (Lipinski definition) is 2. The molecule has 42 heavy (non-hydrogen) atoms. The lowest BCUT2D eigenvalue weighted by Gasteiger charge is -2.41. The number of nitrogens with one attached hydrogen (secondary N) is 1. The number of amides is 1. The summed E-state index contributed by atoms with van der Waals surface area (Å²) in [5.74, 6) is 0.563. The van der Waals surface area contributed by atoms with Crippen LogP contribution in [0.5, 0.6) is 5.75 Å². The standard InChI is InChI=1S/C33H48N2O6Si/c1-32(2,3)40-31(38)35(20-12-13-21-36)22-28(41-42(7,8)33(4,5)6)25-16-18-27(30-26(25)17-19-29(37)34-30)39-23-24-14-10-9-11-15-24/h9-11,14-19,28,36H,12-13,20-23H2,1-8H3,(H,34,37)/t28-/m0/s1. The molecule has 0 radical (unpaired) electrons. The predicted octanol–water partition coefficient (Wildman–Crippen LogP) is 7.18. The Hall–Kier alpha value is -3.14. The molecule has 2 N–H and O–H groups in total. The van der Waals surface area contributed by atoms with E-state index in [4.69, 9.17) is 13.9 Å². The number of nitrogens with zero attached hydrogens (tertiary/aromatic N) is 1. The van der Waals surface area contributed by atoms with Gasteiger partial charge in [0.2, 0.25) is 5.56 Å². The van der Waals surface area contributed by atoms with Crippen LogP contribution >= 0.6 is 0 Å². The van der Waals surface area contributed by atoms with E-state index in [-0.39, 0.29) is 23.7 Å². The van der Waals surface area contributed by atoms with Crippen LogP contribution in [0.3, 0.4) is 0 Å². The summed E-state index contributed by atoms with van der Waals surface area (Å²) in [4.78, 5) is 30.5. The van der Waals surface area contributed by atoms with Gasteiger partial charge in [0.05, 0.1) is 18.2 Å². The molecule has 0 aliphatic carbocycles. The average molecular weight is 597 g/mol. The maximum atomic E-state index is 13.4. The average Bonchev–Trinajstić information content (AvgIpc) is 2.89. The van der Waals surface area contributed by atoms with Crippen LogP contribution in [-0.2, 0) is 15.8 Å². The summed E-state index contributed by atoms with van der Waals surface area (Å²) in [5, 5.41) is 10.1. The normalized spacial score (nSPS) is 13.2. The lowest BCUT2D eigenvalue weighted by molar-refractivity contribution is 0.0151. The van der Waals surface area contributed by atoms with Crippen LogP contribution in [0.4, 0.5) is 4.79 Å². The third-order valence-electron chi connectivity index (χ3n) is 7.59. The number of ether oxygens (including phenoxy) is 2. The lowest BCUT2D eigenvalue weighted by Crippen LogP contribution is -2.46. The topological polar surface area (TPSA) is 101 Å². The number of carbonyl (C=O) groups excluding carboxylic acids is 1. The summed E-state index contributed by atoms with van der Waals surface area (Å²) in [7, 11) is -2.33. The van der Waals surface area contributed by atoms with E-state index in [0.717, 1.165) is 16.5 Å². The van der Waals surface area contributed by atoms with Crippen LogP contribution in [0, 0.1) is 0 Å². The van der Waals surface area contributed by atoms with Gasteiger partial charge in [0.25, 0.3) is 0 Å². The van der Waals surface area contributed by atoms with Gasteiger partial charge in [-0.1, -0.05) is 57.2 Å². The first-order chi connectivity index (χ1) is 19.6. The second-order valence-electron chi connectivity index (χ2n) is 13.3. The Kier molecular flexibility index (Phi) is 11.0. The van der Waals surface area contributed by atoms with Gasteiger partial charge in [0, 0.05) is 24.6 Å². The number of aliphatic hydroxyl groups excluding tert-OH is 1. The molecule has 0 bridgehead atoms. The number of aliphatic hydroxyl groups is 1. The molecular formula is C33H48N2O6Si. The zero-order chi connectivity index (χ0) is 31.1. The Morgan fingerprint density at radius 2 is 1.67 bits per heavy atom. The molecule has 1 aromatic heterocycles. The Morgan fingerprint density at radius 1 is 0.976 bits per heavy atom. The van der Waals surface area contributed by atoms with Crippen LogP contribution in [0.25, 0.3) is 10.9 Å². The highest BCUT2D eigenvalue weighted by Gasteiger charge is 2.40. The number of H-pyrrole nitrogens is 1. The maximum absolute atomic E-state index is 13.4. The fourth-order valence-electron chi connectivity index (χ4n) is 4.31. The van der Waals surface area contributed by atoms with Gasteiger partial charge in [0.1, 0.15) is 18.0 Å². The van der Waals surface area contributed by atoms with Gasteiger partial charge in [-0.15, -0.1) is 0 Å². The van der Waals surface area contributed by atoms with Gasteiger partial charge in [0.15, 0.2) is 8.32 Å². The molecule has 3 aromatic rings. The first-order valence-corrected chi connectivity index (χ1v) is 17.6. The van der Waals surface area contributed by atoms with Gasteiger partial charge >= 0.3 is 6.09 Å². The second kappa shape index (κ2) is 13.9. The number of pyridine rings is 1. The van der Waals surface area contributed by atoms with Gasteiger partial charge in [-0.2, -0.15) is 0 Å². The number of fused-ring (bicyclic) bond motifs is 1. The van der Waals surface area contributed by atoms with Crippen LogP contribution in [0.2, 0.25) is 18.1 Å². The molecule has 1 heterocycles. The number of hydrogen-bond acceptors (Lipinski definition) is 6. The van der Waals surface area contributed by atoms with Gasteiger partial charge in [-0.05, 0) is 75.0 Å². The Bertz CT molecular complexity index is 1380. The van der Waals surface area contributed by atoms with E-state index in [1.165, 1.54) is 6.07 Å². The molecular weight excluding hydrogens is 548 g/mol. The summed E-state index contributed by atoms with van der Waals surface area (Å²) in [6, 6.07) is 17.0. The molecule has 0 saturated heterocycles. The van der Waals surface area contributed by atoms with Gasteiger partial charge < -0.3 is 28.9 Å². The highest BCUT2D eigenvalue weighted by atomic mass is 28.4. The Labute approximate surface area is 251 Å². The first-order valence-electron chi connectivity index (χ1n) is 14.7. The molecule has 0 saturated carbocycles. The molecule has 8 nitrogen and oxygen atoms in total. The van der Waals surface area contributed by atoms with Crippen molar-refractivity contribution in [3.63, 3.8) is 0 Å². The molecule has 2 aromatic carbocycles. The number of benzene rings is 2. The predicted molar refractivity (Wildman–Crippen MR) is 170 cm³/mol. The van der Waals surface area contributed by atoms with Crippen molar-refractivity contribution in [1.29, 1.82) is 0 Å². The van der Waals surface area contributed by atoms with E-state index in [1.807, 2.05) is 63.2 Å². The van der Waals surface area contributed by atoms with Crippen molar-refractivity contribution < 1.29 is 23.8 Å². The number of aromatic nitrogens is 1. The smallest absolute Gasteiger partial charge is 0.410 e. The summed E-state index contributed by atoms with van der Waals surface area (Å²) < 4.78 is 19.0. The van der Waals surface area contributed by atoms with Crippen molar-refractivity contribution in [2.45, 2.75) is 90.8 Å². The van der Waals surface area contributed by atoms with Crippen LogP contribution < -0.4 is 10.3 Å². The molecule has 9 heteroatoms. The molecule has 0 aliphatic rings. The fourth-order valence-corrected chi connectivity index (χ4v) is 5.58. The third-order valence-corrected chi connectivity index (χ3v) is 12.1. The van der Waals surface area contributed by atoms with Crippen molar-refractivity contribution >= 4 is 25.3 Å². The summed E-state index contributed by atoms with van der Waals surface area (Å²) in [6.07, 6.45) is 0.280. The van der Waals surface area contributed by atoms with Crippen LogP contribution in [0.15, 0.2) is 59.4 Å². The zero-order valence-corrected chi connectivity index (χ0v) is 27.5. The van der Waals surface area contributed by atoms with Crippen LogP contribution in [0.1, 0.15) is 71.6 Å². The van der Waals surface area contributed by atoms with E-state index < -0.39 is 26.1 Å². The van der Waals surface area contributed by atoms with E-state index in [1.54, 1.807) is 11.0 Å². The number of aromatic amines is 1. The summed E-state index contributed by atoms with van der Waals surface area (Å²) >= 11 is 0. The van der Waals surface area contributed by atoms with E-state index in [0.29, 0.717) is 37.3 Å². The molecule has 0 fully saturated rings. The number of rotatable bonds is 12. The molecule has 1 atom stereocenters. The molecule has 230 valence electrons. The van der Waals surface area contributed by atoms with Crippen molar-refractivity contribution in [3.8, 4) is 5.75 Å². The van der Waals surface area contributed by atoms with E-state index in [9.17, 15) is 14.7 Å². The highest BCUT2D eigenvalue weighted by molar-refractivity contribution is 6.74. The summed E-state index contributed by atoms with van der Waals surface area (Å²) in [5.41, 5.74) is 1.57. The van der Waals surface area contributed by atoms with Crippen molar-refractivity contribution in [2.75, 3.05) is 19.7 Å². The molecule has 3 rings (SSSR count).